The third kappa shape index (κ3) is 5.48. The molecule has 0 aliphatic rings. The molecular formula is C18H19N3O2. The topological polar surface area (TPSA) is 62.3 Å². The summed E-state index contributed by atoms with van der Waals surface area (Å²) in [7, 11) is 3.66. The minimum atomic E-state index is -0.109. The lowest BCUT2D eigenvalue weighted by molar-refractivity contribution is -0.116. The molecule has 1 heterocycles. The van der Waals surface area contributed by atoms with Gasteiger partial charge < -0.3 is 10.2 Å². The molecular weight excluding hydrogens is 290 g/mol. The van der Waals surface area contributed by atoms with Crippen molar-refractivity contribution in [1.82, 2.24) is 9.88 Å². The van der Waals surface area contributed by atoms with Gasteiger partial charge >= 0.3 is 0 Å². The molecule has 0 saturated heterocycles. The van der Waals surface area contributed by atoms with Crippen molar-refractivity contribution in [3.8, 4) is 0 Å². The number of rotatable bonds is 6. The molecule has 1 amide bonds. The highest BCUT2D eigenvalue weighted by atomic mass is 16.2. The molecule has 0 unspecified atom stereocenters. The molecule has 0 aliphatic heterocycles. The summed E-state index contributed by atoms with van der Waals surface area (Å²) in [6.07, 6.45) is 4.84. The maximum Gasteiger partial charge on any atom is 0.238 e. The molecule has 0 aliphatic carbocycles. The van der Waals surface area contributed by atoms with Gasteiger partial charge in [0, 0.05) is 17.4 Å². The summed E-state index contributed by atoms with van der Waals surface area (Å²) in [5.41, 5.74) is 1.96. The van der Waals surface area contributed by atoms with Crippen LogP contribution in [0.1, 0.15) is 16.1 Å². The van der Waals surface area contributed by atoms with Gasteiger partial charge in [-0.15, -0.1) is 0 Å². The maximum absolute atomic E-state index is 12.1. The number of hydrogen-bond donors (Lipinski definition) is 1. The Labute approximate surface area is 135 Å². The Balaban J connectivity index is 1.97. The van der Waals surface area contributed by atoms with Gasteiger partial charge in [0.2, 0.25) is 5.91 Å². The summed E-state index contributed by atoms with van der Waals surface area (Å²) in [5, 5.41) is 2.78. The van der Waals surface area contributed by atoms with Gasteiger partial charge in [0.05, 0.1) is 12.2 Å². The SMILES string of the molecule is CN(C)CC(=O)Nc1ccc(C(=O)/C=C/c2ccccn2)cc1. The van der Waals surface area contributed by atoms with Crippen LogP contribution in [0.5, 0.6) is 0 Å². The molecule has 23 heavy (non-hydrogen) atoms. The number of benzene rings is 1. The Morgan fingerprint density at radius 3 is 2.48 bits per heavy atom. The van der Waals surface area contributed by atoms with Crippen LogP contribution >= 0.6 is 0 Å². The maximum atomic E-state index is 12.1. The fourth-order valence-electron chi connectivity index (χ4n) is 1.94. The van der Waals surface area contributed by atoms with Gasteiger partial charge in [-0.25, -0.2) is 0 Å². The van der Waals surface area contributed by atoms with Crippen LogP contribution in [0.2, 0.25) is 0 Å². The first kappa shape index (κ1) is 16.6. The van der Waals surface area contributed by atoms with Gasteiger partial charge in [-0.05, 0) is 62.6 Å². The molecule has 1 aromatic heterocycles. The fourth-order valence-corrected chi connectivity index (χ4v) is 1.94. The second-order valence-electron chi connectivity index (χ2n) is 5.32. The van der Waals surface area contributed by atoms with Crippen molar-refractivity contribution < 1.29 is 9.59 Å². The second-order valence-corrected chi connectivity index (χ2v) is 5.32. The standard InChI is InChI=1S/C18H19N3O2/c1-21(2)13-18(23)20-16-8-6-14(7-9-16)17(22)11-10-15-5-3-4-12-19-15/h3-12H,13H2,1-2H3,(H,20,23)/b11-10+. The zero-order valence-corrected chi connectivity index (χ0v) is 13.2. The average molecular weight is 309 g/mol. The average Bonchev–Trinajstić information content (AvgIpc) is 2.53. The van der Waals surface area contributed by atoms with E-state index in [9.17, 15) is 9.59 Å². The molecule has 5 nitrogen and oxygen atoms in total. The van der Waals surface area contributed by atoms with Gasteiger partial charge in [0.1, 0.15) is 0 Å². The van der Waals surface area contributed by atoms with E-state index < -0.39 is 0 Å². The lowest BCUT2D eigenvalue weighted by Gasteiger charge is -2.10. The number of ketones is 1. The summed E-state index contributed by atoms with van der Waals surface area (Å²) < 4.78 is 0. The number of carbonyl (C=O) groups is 2. The van der Waals surface area contributed by atoms with Crippen LogP contribution in [0.15, 0.2) is 54.7 Å². The Morgan fingerprint density at radius 1 is 1.13 bits per heavy atom. The van der Waals surface area contributed by atoms with Crippen molar-refractivity contribution in [2.45, 2.75) is 0 Å². The number of amides is 1. The largest absolute Gasteiger partial charge is 0.325 e. The van der Waals surface area contributed by atoms with E-state index in [1.54, 1.807) is 41.4 Å². The van der Waals surface area contributed by atoms with Crippen LogP contribution in [0, 0.1) is 0 Å². The van der Waals surface area contributed by atoms with Crippen LogP contribution in [0.25, 0.3) is 6.08 Å². The number of likely N-dealkylation sites (N-methyl/N-ethyl adjacent to an activating group) is 1. The summed E-state index contributed by atoms with van der Waals surface area (Å²) >= 11 is 0. The van der Waals surface area contributed by atoms with Crippen LogP contribution in [0.3, 0.4) is 0 Å². The minimum Gasteiger partial charge on any atom is -0.325 e. The van der Waals surface area contributed by atoms with E-state index in [2.05, 4.69) is 10.3 Å². The van der Waals surface area contributed by atoms with Gasteiger partial charge in [-0.1, -0.05) is 6.07 Å². The molecule has 0 spiro atoms. The van der Waals surface area contributed by atoms with E-state index in [-0.39, 0.29) is 11.7 Å². The van der Waals surface area contributed by atoms with E-state index in [1.165, 1.54) is 6.08 Å². The van der Waals surface area contributed by atoms with Gasteiger partial charge in [-0.3, -0.25) is 14.6 Å². The third-order valence-corrected chi connectivity index (χ3v) is 3.01. The zero-order chi connectivity index (χ0) is 16.7. The smallest absolute Gasteiger partial charge is 0.238 e. The minimum absolute atomic E-state index is 0.0934. The van der Waals surface area contributed by atoms with Crippen molar-refractivity contribution in [2.24, 2.45) is 0 Å². The lowest BCUT2D eigenvalue weighted by Crippen LogP contribution is -2.27. The number of anilines is 1. The number of nitrogens with one attached hydrogen (secondary N) is 1. The normalized spacial score (nSPS) is 10.9. The third-order valence-electron chi connectivity index (χ3n) is 3.01. The number of hydrogen-bond acceptors (Lipinski definition) is 4. The van der Waals surface area contributed by atoms with Crippen molar-refractivity contribution in [3.05, 3.63) is 66.0 Å². The van der Waals surface area contributed by atoms with Crippen LogP contribution in [0.4, 0.5) is 5.69 Å². The highest BCUT2D eigenvalue weighted by Crippen LogP contribution is 2.11. The van der Waals surface area contributed by atoms with E-state index in [0.29, 0.717) is 17.8 Å². The Hall–Kier alpha value is -2.79. The second kappa shape index (κ2) is 8.00. The molecule has 0 radical (unpaired) electrons. The molecule has 2 aromatic rings. The molecule has 2 rings (SSSR count). The zero-order valence-electron chi connectivity index (χ0n) is 13.2. The highest BCUT2D eigenvalue weighted by Gasteiger charge is 2.05. The van der Waals surface area contributed by atoms with Crippen molar-refractivity contribution in [2.75, 3.05) is 26.0 Å². The Kier molecular flexibility index (Phi) is 5.77. The van der Waals surface area contributed by atoms with Crippen molar-refractivity contribution in [3.63, 3.8) is 0 Å². The van der Waals surface area contributed by atoms with Crippen LogP contribution in [-0.4, -0.2) is 42.2 Å². The Morgan fingerprint density at radius 2 is 1.87 bits per heavy atom. The number of carbonyl (C=O) groups excluding carboxylic acids is 2. The first-order valence-electron chi connectivity index (χ1n) is 7.22. The predicted octanol–water partition coefficient (Wildman–Crippen LogP) is 2.48. The quantitative estimate of drug-likeness (QED) is 0.658. The van der Waals surface area contributed by atoms with Gasteiger partial charge in [0.25, 0.3) is 0 Å². The first-order chi connectivity index (χ1) is 11.0. The predicted molar refractivity (Wildman–Crippen MR) is 91.2 cm³/mol. The van der Waals surface area contributed by atoms with Gasteiger partial charge in [-0.2, -0.15) is 0 Å². The molecule has 0 saturated carbocycles. The molecule has 1 aromatic carbocycles. The summed E-state index contributed by atoms with van der Waals surface area (Å²) in [4.78, 5) is 29.7. The van der Waals surface area contributed by atoms with E-state index in [0.717, 1.165) is 5.69 Å². The molecule has 0 fully saturated rings. The van der Waals surface area contributed by atoms with E-state index >= 15 is 0 Å². The van der Waals surface area contributed by atoms with Crippen molar-refractivity contribution >= 4 is 23.5 Å². The number of pyridine rings is 1. The summed E-state index contributed by atoms with van der Waals surface area (Å²) in [6, 6.07) is 12.3. The summed E-state index contributed by atoms with van der Waals surface area (Å²) in [5.74, 6) is -0.203. The van der Waals surface area contributed by atoms with E-state index in [4.69, 9.17) is 0 Å². The monoisotopic (exact) mass is 309 g/mol. The molecule has 0 atom stereocenters. The van der Waals surface area contributed by atoms with E-state index in [1.807, 2.05) is 32.3 Å². The number of allylic oxidation sites excluding steroid dienone is 1. The molecule has 5 heteroatoms. The number of aromatic nitrogens is 1. The highest BCUT2D eigenvalue weighted by molar-refractivity contribution is 6.07. The number of nitrogens with zero attached hydrogens (tertiary/aromatic N) is 2. The van der Waals surface area contributed by atoms with Crippen molar-refractivity contribution in [1.29, 1.82) is 0 Å². The molecule has 0 bridgehead atoms. The molecule has 1 N–H and O–H groups in total. The Bertz CT molecular complexity index is 692. The fraction of sp³-hybridized carbons (Fsp3) is 0.167. The first-order valence-corrected chi connectivity index (χ1v) is 7.22. The lowest BCUT2D eigenvalue weighted by atomic mass is 10.1. The summed E-state index contributed by atoms with van der Waals surface area (Å²) in [6.45, 7) is 0.313. The molecule has 118 valence electrons. The van der Waals surface area contributed by atoms with Crippen LogP contribution < -0.4 is 5.32 Å². The van der Waals surface area contributed by atoms with Crippen LogP contribution in [-0.2, 0) is 4.79 Å². The van der Waals surface area contributed by atoms with Gasteiger partial charge in [0.15, 0.2) is 5.78 Å².